The van der Waals surface area contributed by atoms with Crippen LogP contribution in [0.1, 0.15) is 20.3 Å². The van der Waals surface area contributed by atoms with Crippen LogP contribution in [-0.2, 0) is 14.6 Å². The normalized spacial score (nSPS) is 23.2. The molecule has 1 unspecified atom stereocenters. The zero-order chi connectivity index (χ0) is 12.2. The summed E-state index contributed by atoms with van der Waals surface area (Å²) in [6, 6.07) is -0.202. The zero-order valence-corrected chi connectivity index (χ0v) is 10.7. The number of carbonyl (C=O) groups is 1. The van der Waals surface area contributed by atoms with Crippen molar-refractivity contribution in [3.8, 4) is 0 Å². The molecule has 1 heterocycles. The molecule has 1 rings (SSSR count). The van der Waals surface area contributed by atoms with E-state index >= 15 is 0 Å². The van der Waals surface area contributed by atoms with Crippen molar-refractivity contribution in [2.75, 3.05) is 31.1 Å². The first-order chi connectivity index (χ1) is 7.46. The van der Waals surface area contributed by atoms with Crippen molar-refractivity contribution in [1.82, 2.24) is 10.2 Å². The highest BCUT2D eigenvalue weighted by Crippen LogP contribution is 2.03. The van der Waals surface area contributed by atoms with Gasteiger partial charge in [0.1, 0.15) is 0 Å². The fourth-order valence-corrected chi connectivity index (χ4v) is 2.46. The van der Waals surface area contributed by atoms with Crippen LogP contribution in [0.2, 0.25) is 0 Å². The highest BCUT2D eigenvalue weighted by atomic mass is 32.2. The molecule has 1 N–H and O–H groups in total. The Kier molecular flexibility index (Phi) is 4.73. The van der Waals surface area contributed by atoms with Gasteiger partial charge in [0.2, 0.25) is 5.91 Å². The maximum absolute atomic E-state index is 11.8. The molecule has 1 saturated heterocycles. The van der Waals surface area contributed by atoms with Crippen molar-refractivity contribution in [3.05, 3.63) is 0 Å². The molecular formula is C10H20N2O3S. The van der Waals surface area contributed by atoms with Crippen LogP contribution in [0.3, 0.4) is 0 Å². The third-order valence-electron chi connectivity index (χ3n) is 2.85. The van der Waals surface area contributed by atoms with Crippen LogP contribution in [-0.4, -0.2) is 56.4 Å². The van der Waals surface area contributed by atoms with Crippen LogP contribution < -0.4 is 5.32 Å². The van der Waals surface area contributed by atoms with E-state index in [4.69, 9.17) is 0 Å². The summed E-state index contributed by atoms with van der Waals surface area (Å²) in [5, 5.41) is 3.09. The minimum atomic E-state index is -2.99. The number of sulfone groups is 1. The largest absolute Gasteiger partial charge is 0.340 e. The lowest BCUT2D eigenvalue weighted by atomic mass is 10.3. The van der Waals surface area contributed by atoms with Crippen LogP contribution in [0.4, 0.5) is 0 Å². The summed E-state index contributed by atoms with van der Waals surface area (Å²) in [4.78, 5) is 13.5. The zero-order valence-electron chi connectivity index (χ0n) is 9.90. The van der Waals surface area contributed by atoms with Crippen molar-refractivity contribution in [2.45, 2.75) is 26.3 Å². The van der Waals surface area contributed by atoms with E-state index in [1.807, 2.05) is 6.92 Å². The van der Waals surface area contributed by atoms with Gasteiger partial charge in [-0.15, -0.1) is 0 Å². The van der Waals surface area contributed by atoms with Gasteiger partial charge in [0, 0.05) is 18.8 Å². The number of nitrogens with one attached hydrogen (secondary N) is 1. The van der Waals surface area contributed by atoms with Gasteiger partial charge in [-0.3, -0.25) is 4.79 Å². The minimum absolute atomic E-state index is 0.00352. The van der Waals surface area contributed by atoms with Crippen LogP contribution in [0.5, 0.6) is 0 Å². The van der Waals surface area contributed by atoms with Gasteiger partial charge in [-0.1, -0.05) is 6.92 Å². The number of nitrogens with zero attached hydrogens (tertiary/aromatic N) is 1. The lowest BCUT2D eigenvalue weighted by Gasteiger charge is -2.22. The predicted octanol–water partition coefficient (Wildman–Crippen LogP) is -0.368. The molecule has 0 aromatic rings. The van der Waals surface area contributed by atoms with E-state index in [0.717, 1.165) is 13.0 Å². The first-order valence-corrected chi connectivity index (χ1v) is 7.51. The van der Waals surface area contributed by atoms with Crippen molar-refractivity contribution >= 4 is 15.7 Å². The maximum Gasteiger partial charge on any atom is 0.239 e. The van der Waals surface area contributed by atoms with E-state index in [0.29, 0.717) is 13.1 Å². The standard InChI is InChI=1S/C10H20N2O3S/c1-3-16(14,15)8-7-12-6-4-5-11-9(2)10(12)13/h9,11H,3-8H2,1-2H3. The summed E-state index contributed by atoms with van der Waals surface area (Å²) in [5.74, 6) is 0.217. The van der Waals surface area contributed by atoms with E-state index in [9.17, 15) is 13.2 Å². The molecule has 1 atom stereocenters. The summed E-state index contributed by atoms with van der Waals surface area (Å²) in [6.07, 6.45) is 0.877. The van der Waals surface area contributed by atoms with Crippen molar-refractivity contribution in [3.63, 3.8) is 0 Å². The summed E-state index contributed by atoms with van der Waals surface area (Å²) in [5.41, 5.74) is 0. The molecule has 94 valence electrons. The Morgan fingerprint density at radius 2 is 2.19 bits per heavy atom. The number of hydrogen-bond acceptors (Lipinski definition) is 4. The van der Waals surface area contributed by atoms with Gasteiger partial charge in [0.05, 0.1) is 11.8 Å². The average molecular weight is 248 g/mol. The predicted molar refractivity (Wildman–Crippen MR) is 63.0 cm³/mol. The minimum Gasteiger partial charge on any atom is -0.340 e. The fourth-order valence-electron chi connectivity index (χ4n) is 1.68. The molecule has 0 bridgehead atoms. The fraction of sp³-hybridized carbons (Fsp3) is 0.900. The van der Waals surface area contributed by atoms with Crippen molar-refractivity contribution < 1.29 is 13.2 Å². The highest BCUT2D eigenvalue weighted by Gasteiger charge is 2.23. The van der Waals surface area contributed by atoms with Gasteiger partial charge in [-0.2, -0.15) is 0 Å². The molecule has 6 heteroatoms. The van der Waals surface area contributed by atoms with Crippen LogP contribution in [0.25, 0.3) is 0 Å². The second-order valence-electron chi connectivity index (χ2n) is 4.09. The lowest BCUT2D eigenvalue weighted by Crippen LogP contribution is -2.43. The Balaban J connectivity index is 2.55. The second kappa shape index (κ2) is 5.63. The summed E-state index contributed by atoms with van der Waals surface area (Å²) >= 11 is 0. The molecular weight excluding hydrogens is 228 g/mol. The summed E-state index contributed by atoms with van der Waals surface area (Å²) in [7, 11) is -2.99. The molecule has 1 amide bonds. The molecule has 5 nitrogen and oxygen atoms in total. The van der Waals surface area contributed by atoms with Gasteiger partial charge < -0.3 is 10.2 Å². The van der Waals surface area contributed by atoms with E-state index in [-0.39, 0.29) is 23.5 Å². The van der Waals surface area contributed by atoms with E-state index < -0.39 is 9.84 Å². The molecule has 1 aliphatic heterocycles. The molecule has 1 aliphatic rings. The molecule has 0 aromatic heterocycles. The smallest absolute Gasteiger partial charge is 0.239 e. The lowest BCUT2D eigenvalue weighted by molar-refractivity contribution is -0.131. The molecule has 0 aromatic carbocycles. The Morgan fingerprint density at radius 1 is 1.50 bits per heavy atom. The Hall–Kier alpha value is -0.620. The van der Waals surface area contributed by atoms with Crippen LogP contribution in [0, 0.1) is 0 Å². The van der Waals surface area contributed by atoms with Gasteiger partial charge in [0.25, 0.3) is 0 Å². The number of rotatable bonds is 4. The molecule has 0 radical (unpaired) electrons. The van der Waals surface area contributed by atoms with Crippen LogP contribution in [0.15, 0.2) is 0 Å². The van der Waals surface area contributed by atoms with Crippen molar-refractivity contribution in [2.24, 2.45) is 0 Å². The van der Waals surface area contributed by atoms with E-state index in [1.54, 1.807) is 11.8 Å². The summed E-state index contributed by atoms with van der Waals surface area (Å²) in [6.45, 7) is 5.22. The average Bonchev–Trinajstić information content (AvgIpc) is 2.40. The number of carbonyl (C=O) groups excluding carboxylic acids is 1. The molecule has 16 heavy (non-hydrogen) atoms. The van der Waals surface area contributed by atoms with E-state index in [2.05, 4.69) is 5.32 Å². The Labute approximate surface area is 97.1 Å². The topological polar surface area (TPSA) is 66.5 Å². The SMILES string of the molecule is CCS(=O)(=O)CCN1CCCNC(C)C1=O. The molecule has 0 saturated carbocycles. The first kappa shape index (κ1) is 13.4. The van der Waals surface area contributed by atoms with Gasteiger partial charge in [-0.05, 0) is 19.9 Å². The first-order valence-electron chi connectivity index (χ1n) is 5.69. The van der Waals surface area contributed by atoms with Crippen molar-refractivity contribution in [1.29, 1.82) is 0 Å². The number of hydrogen-bond donors (Lipinski definition) is 1. The number of amides is 1. The van der Waals surface area contributed by atoms with E-state index in [1.165, 1.54) is 0 Å². The quantitative estimate of drug-likeness (QED) is 0.737. The van der Waals surface area contributed by atoms with Crippen LogP contribution >= 0.6 is 0 Å². The molecule has 0 aliphatic carbocycles. The van der Waals surface area contributed by atoms with Gasteiger partial charge in [-0.25, -0.2) is 8.42 Å². The third-order valence-corrected chi connectivity index (χ3v) is 4.53. The Morgan fingerprint density at radius 3 is 2.81 bits per heavy atom. The molecule has 0 spiro atoms. The monoisotopic (exact) mass is 248 g/mol. The molecule has 1 fully saturated rings. The maximum atomic E-state index is 11.8. The second-order valence-corrected chi connectivity index (χ2v) is 6.56. The third kappa shape index (κ3) is 3.75. The highest BCUT2D eigenvalue weighted by molar-refractivity contribution is 7.91. The van der Waals surface area contributed by atoms with Gasteiger partial charge >= 0.3 is 0 Å². The Bertz CT molecular complexity index is 340. The summed E-state index contributed by atoms with van der Waals surface area (Å²) < 4.78 is 22.7. The van der Waals surface area contributed by atoms with Gasteiger partial charge in [0.15, 0.2) is 9.84 Å².